The molecule has 2 rings (SSSR count). The first-order valence-corrected chi connectivity index (χ1v) is 7.52. The smallest absolute Gasteiger partial charge is 0.255 e. The van der Waals surface area contributed by atoms with E-state index in [2.05, 4.69) is 5.32 Å². The van der Waals surface area contributed by atoms with Crippen molar-refractivity contribution >= 4 is 34.8 Å². The summed E-state index contributed by atoms with van der Waals surface area (Å²) in [5.74, 6) is 0.423. The van der Waals surface area contributed by atoms with Crippen LogP contribution in [0.25, 0.3) is 0 Å². The highest BCUT2D eigenvalue weighted by Gasteiger charge is 2.08. The van der Waals surface area contributed by atoms with Crippen LogP contribution in [0.3, 0.4) is 0 Å². The molecule has 3 N–H and O–H groups in total. The molecule has 0 unspecified atom stereocenters. The van der Waals surface area contributed by atoms with Gasteiger partial charge in [-0.3, -0.25) is 4.79 Å². The molecule has 1 amide bonds. The van der Waals surface area contributed by atoms with Crippen LogP contribution in [0.1, 0.15) is 5.56 Å². The lowest BCUT2D eigenvalue weighted by molar-refractivity contribution is -0.119. The quantitative estimate of drug-likeness (QED) is 0.798. The number of nitrogens with two attached hydrogens (primary N) is 1. The van der Waals surface area contributed by atoms with E-state index in [1.807, 2.05) is 12.1 Å². The molecule has 0 saturated heterocycles. The lowest BCUT2D eigenvalue weighted by atomic mass is 10.2. The SMILES string of the molecule is COc1cc(CNc2cc(Cl)ccc2Cl)ccc1OCC(N)=O. The number of amides is 1. The minimum absolute atomic E-state index is 0.202. The van der Waals surface area contributed by atoms with Gasteiger partial charge in [0.25, 0.3) is 5.91 Å². The Balaban J connectivity index is 2.08. The number of rotatable bonds is 7. The minimum Gasteiger partial charge on any atom is -0.493 e. The molecule has 5 nitrogen and oxygen atoms in total. The van der Waals surface area contributed by atoms with Gasteiger partial charge in [-0.15, -0.1) is 0 Å². The Morgan fingerprint density at radius 1 is 1.17 bits per heavy atom. The molecule has 23 heavy (non-hydrogen) atoms. The van der Waals surface area contributed by atoms with E-state index in [0.29, 0.717) is 28.1 Å². The largest absolute Gasteiger partial charge is 0.493 e. The van der Waals surface area contributed by atoms with Crippen LogP contribution in [0.15, 0.2) is 36.4 Å². The molecular weight excluding hydrogens is 339 g/mol. The summed E-state index contributed by atoms with van der Waals surface area (Å²) in [7, 11) is 1.53. The maximum atomic E-state index is 10.8. The fraction of sp³-hybridized carbons (Fsp3) is 0.188. The van der Waals surface area contributed by atoms with E-state index in [1.54, 1.807) is 24.3 Å². The standard InChI is InChI=1S/C16H16Cl2N2O3/c1-22-15-6-10(2-5-14(15)23-9-16(19)21)8-20-13-7-11(17)3-4-12(13)18/h2-7,20H,8-9H2,1H3,(H2,19,21). The molecule has 0 aliphatic heterocycles. The molecule has 0 atom stereocenters. The third-order valence-electron chi connectivity index (χ3n) is 3.01. The van der Waals surface area contributed by atoms with E-state index < -0.39 is 5.91 Å². The highest BCUT2D eigenvalue weighted by Crippen LogP contribution is 2.29. The van der Waals surface area contributed by atoms with E-state index in [0.717, 1.165) is 11.3 Å². The second-order valence-corrected chi connectivity index (χ2v) is 5.56. The first-order valence-electron chi connectivity index (χ1n) is 6.76. The number of hydrogen-bond acceptors (Lipinski definition) is 4. The molecule has 0 aromatic heterocycles. The second kappa shape index (κ2) is 7.94. The van der Waals surface area contributed by atoms with Crippen molar-refractivity contribution in [3.63, 3.8) is 0 Å². The Bertz CT molecular complexity index is 708. The monoisotopic (exact) mass is 354 g/mol. The molecule has 0 bridgehead atoms. The lowest BCUT2D eigenvalue weighted by Crippen LogP contribution is -2.20. The van der Waals surface area contributed by atoms with Crippen LogP contribution in [0, 0.1) is 0 Å². The Labute approximate surface area is 144 Å². The van der Waals surface area contributed by atoms with Gasteiger partial charge in [0.1, 0.15) is 0 Å². The summed E-state index contributed by atoms with van der Waals surface area (Å²) in [6.45, 7) is 0.318. The van der Waals surface area contributed by atoms with Crippen molar-refractivity contribution in [2.45, 2.75) is 6.54 Å². The van der Waals surface area contributed by atoms with Crippen LogP contribution in [0.5, 0.6) is 11.5 Å². The molecule has 0 aliphatic rings. The van der Waals surface area contributed by atoms with Gasteiger partial charge in [-0.05, 0) is 35.9 Å². The van der Waals surface area contributed by atoms with E-state index in [4.69, 9.17) is 38.4 Å². The number of primary amides is 1. The van der Waals surface area contributed by atoms with Crippen LogP contribution in [0.4, 0.5) is 5.69 Å². The molecule has 2 aromatic carbocycles. The summed E-state index contributed by atoms with van der Waals surface area (Å²) in [5, 5.41) is 4.39. The van der Waals surface area contributed by atoms with Crippen molar-refractivity contribution in [3.8, 4) is 11.5 Å². The summed E-state index contributed by atoms with van der Waals surface area (Å²) in [6.07, 6.45) is 0. The predicted octanol–water partition coefficient (Wildman–Crippen LogP) is 3.48. The summed E-state index contributed by atoms with van der Waals surface area (Å²) in [5.41, 5.74) is 6.75. The Kier molecular flexibility index (Phi) is 5.96. The van der Waals surface area contributed by atoms with E-state index in [1.165, 1.54) is 7.11 Å². The fourth-order valence-corrected chi connectivity index (χ4v) is 2.28. The van der Waals surface area contributed by atoms with Gasteiger partial charge in [0.05, 0.1) is 17.8 Å². The van der Waals surface area contributed by atoms with Crippen LogP contribution in [-0.4, -0.2) is 19.6 Å². The number of methoxy groups -OCH3 is 1. The Morgan fingerprint density at radius 2 is 1.96 bits per heavy atom. The number of ether oxygens (including phenoxy) is 2. The molecule has 7 heteroatoms. The second-order valence-electron chi connectivity index (χ2n) is 4.72. The third-order valence-corrected chi connectivity index (χ3v) is 3.57. The molecule has 0 aliphatic carbocycles. The van der Waals surface area contributed by atoms with Gasteiger partial charge >= 0.3 is 0 Å². The van der Waals surface area contributed by atoms with Gasteiger partial charge in [0, 0.05) is 11.6 Å². The van der Waals surface area contributed by atoms with Crippen molar-refractivity contribution in [2.24, 2.45) is 5.73 Å². The minimum atomic E-state index is -0.548. The zero-order valence-corrected chi connectivity index (χ0v) is 13.9. The van der Waals surface area contributed by atoms with E-state index >= 15 is 0 Å². The molecule has 0 fully saturated rings. The van der Waals surface area contributed by atoms with Crippen molar-refractivity contribution in [3.05, 3.63) is 52.0 Å². The van der Waals surface area contributed by atoms with E-state index in [-0.39, 0.29) is 6.61 Å². The average molecular weight is 355 g/mol. The number of nitrogens with one attached hydrogen (secondary N) is 1. The fourth-order valence-electron chi connectivity index (χ4n) is 1.92. The summed E-state index contributed by atoms with van der Waals surface area (Å²) in [6, 6.07) is 10.6. The first kappa shape index (κ1) is 17.2. The number of benzene rings is 2. The average Bonchev–Trinajstić information content (AvgIpc) is 2.54. The summed E-state index contributed by atoms with van der Waals surface area (Å²) < 4.78 is 10.5. The molecule has 0 saturated carbocycles. The predicted molar refractivity (Wildman–Crippen MR) is 91.5 cm³/mol. The van der Waals surface area contributed by atoms with Crippen molar-refractivity contribution in [1.82, 2.24) is 0 Å². The van der Waals surface area contributed by atoms with Gasteiger partial charge < -0.3 is 20.5 Å². The van der Waals surface area contributed by atoms with Gasteiger partial charge in [-0.1, -0.05) is 29.3 Å². The molecule has 0 radical (unpaired) electrons. The van der Waals surface area contributed by atoms with Gasteiger partial charge in [-0.2, -0.15) is 0 Å². The number of carbonyl (C=O) groups is 1. The molecule has 2 aromatic rings. The number of carbonyl (C=O) groups excluding carboxylic acids is 1. The van der Waals surface area contributed by atoms with E-state index in [9.17, 15) is 4.79 Å². The Hall–Kier alpha value is -2.11. The number of hydrogen-bond donors (Lipinski definition) is 2. The number of anilines is 1. The van der Waals surface area contributed by atoms with Crippen LogP contribution in [0.2, 0.25) is 10.0 Å². The van der Waals surface area contributed by atoms with Gasteiger partial charge in [0.15, 0.2) is 18.1 Å². The highest BCUT2D eigenvalue weighted by atomic mass is 35.5. The molecule has 122 valence electrons. The normalized spacial score (nSPS) is 10.2. The summed E-state index contributed by atoms with van der Waals surface area (Å²) in [4.78, 5) is 10.8. The van der Waals surface area contributed by atoms with Crippen LogP contribution >= 0.6 is 23.2 Å². The molecule has 0 heterocycles. The van der Waals surface area contributed by atoms with Gasteiger partial charge in [0.2, 0.25) is 0 Å². The Morgan fingerprint density at radius 3 is 2.65 bits per heavy atom. The molecular formula is C16H16Cl2N2O3. The first-order chi connectivity index (χ1) is 11.0. The maximum absolute atomic E-state index is 10.8. The zero-order valence-electron chi connectivity index (χ0n) is 12.4. The highest BCUT2D eigenvalue weighted by molar-refractivity contribution is 6.35. The lowest BCUT2D eigenvalue weighted by Gasteiger charge is -2.13. The third kappa shape index (κ3) is 4.94. The van der Waals surface area contributed by atoms with Gasteiger partial charge in [-0.25, -0.2) is 0 Å². The van der Waals surface area contributed by atoms with Crippen LogP contribution in [-0.2, 0) is 11.3 Å². The van der Waals surface area contributed by atoms with Crippen molar-refractivity contribution in [1.29, 1.82) is 0 Å². The number of halogens is 2. The zero-order chi connectivity index (χ0) is 16.8. The maximum Gasteiger partial charge on any atom is 0.255 e. The summed E-state index contributed by atoms with van der Waals surface area (Å²) >= 11 is 12.1. The topological polar surface area (TPSA) is 73.6 Å². The van der Waals surface area contributed by atoms with Crippen LogP contribution < -0.4 is 20.5 Å². The molecule has 0 spiro atoms. The van der Waals surface area contributed by atoms with Crippen molar-refractivity contribution < 1.29 is 14.3 Å². The van der Waals surface area contributed by atoms with Crippen molar-refractivity contribution in [2.75, 3.05) is 19.0 Å².